The van der Waals surface area contributed by atoms with Gasteiger partial charge in [0.1, 0.15) is 0 Å². The standard InChI is InChI=1S/C23H30N2O5S/c1-6-25(7-2)31(27,28)21-12-17(9-8-16(21)3)22(26)24-14-23(4,5)18-10-11-19-20(13-18)30-15-29-19/h8-13H,6-7,14-15H2,1-5H3,(H,24,26). The summed E-state index contributed by atoms with van der Waals surface area (Å²) in [5.74, 6) is 1.09. The number of hydrogen-bond acceptors (Lipinski definition) is 5. The molecule has 0 radical (unpaired) electrons. The number of benzene rings is 2. The van der Waals surface area contributed by atoms with Crippen LogP contribution in [0.2, 0.25) is 0 Å². The number of sulfonamides is 1. The molecular weight excluding hydrogens is 416 g/mol. The van der Waals surface area contributed by atoms with E-state index in [0.717, 1.165) is 5.56 Å². The van der Waals surface area contributed by atoms with Crippen LogP contribution >= 0.6 is 0 Å². The molecule has 1 aliphatic rings. The Hall–Kier alpha value is -2.58. The van der Waals surface area contributed by atoms with Gasteiger partial charge >= 0.3 is 0 Å². The van der Waals surface area contributed by atoms with Crippen LogP contribution < -0.4 is 14.8 Å². The minimum Gasteiger partial charge on any atom is -0.454 e. The zero-order valence-electron chi connectivity index (χ0n) is 18.7. The monoisotopic (exact) mass is 446 g/mol. The van der Waals surface area contributed by atoms with Crippen LogP contribution in [-0.2, 0) is 15.4 Å². The van der Waals surface area contributed by atoms with E-state index in [0.29, 0.717) is 42.3 Å². The largest absolute Gasteiger partial charge is 0.454 e. The summed E-state index contributed by atoms with van der Waals surface area (Å²) in [6.07, 6.45) is 0. The van der Waals surface area contributed by atoms with Gasteiger partial charge in [-0.2, -0.15) is 4.31 Å². The predicted molar refractivity (Wildman–Crippen MR) is 119 cm³/mol. The Morgan fingerprint density at radius 2 is 1.74 bits per heavy atom. The summed E-state index contributed by atoms with van der Waals surface area (Å²) in [5, 5.41) is 2.94. The summed E-state index contributed by atoms with van der Waals surface area (Å²) in [7, 11) is -3.65. The molecule has 1 heterocycles. The number of rotatable bonds is 8. The smallest absolute Gasteiger partial charge is 0.251 e. The molecule has 8 heteroatoms. The molecule has 0 saturated carbocycles. The van der Waals surface area contributed by atoms with Gasteiger partial charge in [0.2, 0.25) is 16.8 Å². The van der Waals surface area contributed by atoms with Gasteiger partial charge in [0.15, 0.2) is 11.5 Å². The first-order valence-electron chi connectivity index (χ1n) is 10.4. The van der Waals surface area contributed by atoms with E-state index in [1.165, 1.54) is 10.4 Å². The van der Waals surface area contributed by atoms with E-state index in [-0.39, 0.29) is 23.0 Å². The number of amides is 1. The van der Waals surface area contributed by atoms with Gasteiger partial charge in [-0.25, -0.2) is 8.42 Å². The van der Waals surface area contributed by atoms with Gasteiger partial charge in [-0.3, -0.25) is 4.79 Å². The molecule has 0 atom stereocenters. The molecular formula is C23H30N2O5S. The van der Waals surface area contributed by atoms with Gasteiger partial charge < -0.3 is 14.8 Å². The fraction of sp³-hybridized carbons (Fsp3) is 0.435. The minimum absolute atomic E-state index is 0.166. The Balaban J connectivity index is 1.78. The molecule has 1 aliphatic heterocycles. The molecule has 0 saturated heterocycles. The highest BCUT2D eigenvalue weighted by atomic mass is 32.2. The number of carbonyl (C=O) groups is 1. The molecule has 3 rings (SSSR count). The second-order valence-electron chi connectivity index (χ2n) is 8.20. The third-order valence-corrected chi connectivity index (χ3v) is 7.81. The van der Waals surface area contributed by atoms with Crippen molar-refractivity contribution in [2.75, 3.05) is 26.4 Å². The van der Waals surface area contributed by atoms with E-state index < -0.39 is 10.0 Å². The highest BCUT2D eigenvalue weighted by Crippen LogP contribution is 2.36. The summed E-state index contributed by atoms with van der Waals surface area (Å²) < 4.78 is 38.1. The maximum atomic E-state index is 13.0. The fourth-order valence-corrected chi connectivity index (χ4v) is 5.25. The molecule has 31 heavy (non-hydrogen) atoms. The zero-order valence-corrected chi connectivity index (χ0v) is 19.5. The number of hydrogen-bond donors (Lipinski definition) is 1. The van der Waals surface area contributed by atoms with Crippen molar-refractivity contribution >= 4 is 15.9 Å². The molecule has 2 aromatic rings. The van der Waals surface area contributed by atoms with Crippen LogP contribution in [0.3, 0.4) is 0 Å². The normalized spacial score (nSPS) is 13.5. The van der Waals surface area contributed by atoms with E-state index in [1.807, 2.05) is 32.0 Å². The lowest BCUT2D eigenvalue weighted by atomic mass is 9.84. The molecule has 7 nitrogen and oxygen atoms in total. The van der Waals surface area contributed by atoms with Gasteiger partial charge in [-0.1, -0.05) is 39.8 Å². The quantitative estimate of drug-likeness (QED) is 0.671. The lowest BCUT2D eigenvalue weighted by Crippen LogP contribution is -2.37. The van der Waals surface area contributed by atoms with Crippen LogP contribution in [0.1, 0.15) is 49.2 Å². The molecule has 0 spiro atoms. The molecule has 0 fully saturated rings. The van der Waals surface area contributed by atoms with E-state index in [4.69, 9.17) is 9.47 Å². The van der Waals surface area contributed by atoms with E-state index in [9.17, 15) is 13.2 Å². The first kappa shape index (κ1) is 23.1. The van der Waals surface area contributed by atoms with Crippen molar-refractivity contribution in [1.82, 2.24) is 9.62 Å². The molecule has 0 aromatic heterocycles. The maximum absolute atomic E-state index is 13.0. The number of nitrogens with one attached hydrogen (secondary N) is 1. The number of aryl methyl sites for hydroxylation is 1. The third kappa shape index (κ3) is 4.70. The van der Waals surface area contributed by atoms with Gasteiger partial charge in [0.05, 0.1) is 4.90 Å². The van der Waals surface area contributed by atoms with Crippen LogP contribution in [0.4, 0.5) is 0 Å². The van der Waals surface area contributed by atoms with Crippen molar-refractivity contribution in [3.8, 4) is 11.5 Å². The molecule has 1 N–H and O–H groups in total. The Labute approximate surface area is 184 Å². The summed E-state index contributed by atoms with van der Waals surface area (Å²) in [6.45, 7) is 10.7. The fourth-order valence-electron chi connectivity index (χ4n) is 3.54. The van der Waals surface area contributed by atoms with Crippen molar-refractivity contribution in [2.24, 2.45) is 0 Å². The summed E-state index contributed by atoms with van der Waals surface area (Å²) in [6, 6.07) is 10.5. The number of carbonyl (C=O) groups excluding carboxylic acids is 1. The molecule has 1 amide bonds. The number of ether oxygens (including phenoxy) is 2. The second kappa shape index (κ2) is 8.88. The van der Waals surface area contributed by atoms with Crippen LogP contribution in [0.15, 0.2) is 41.3 Å². The second-order valence-corrected chi connectivity index (χ2v) is 10.1. The van der Waals surface area contributed by atoms with Crippen LogP contribution in [0.25, 0.3) is 0 Å². The minimum atomic E-state index is -3.65. The van der Waals surface area contributed by atoms with E-state index in [1.54, 1.807) is 32.9 Å². The van der Waals surface area contributed by atoms with Crippen LogP contribution in [0.5, 0.6) is 11.5 Å². The summed E-state index contributed by atoms with van der Waals surface area (Å²) >= 11 is 0. The van der Waals surface area contributed by atoms with Crippen molar-refractivity contribution in [3.05, 3.63) is 53.1 Å². The van der Waals surface area contributed by atoms with Crippen molar-refractivity contribution < 1.29 is 22.7 Å². The van der Waals surface area contributed by atoms with Crippen molar-refractivity contribution in [1.29, 1.82) is 0 Å². The topological polar surface area (TPSA) is 84.9 Å². The molecule has 0 unspecified atom stereocenters. The van der Waals surface area contributed by atoms with Gasteiger partial charge in [-0.15, -0.1) is 0 Å². The lowest BCUT2D eigenvalue weighted by Gasteiger charge is -2.26. The summed E-state index contributed by atoms with van der Waals surface area (Å²) in [4.78, 5) is 13.0. The zero-order chi connectivity index (χ0) is 22.8. The predicted octanol–water partition coefficient (Wildman–Crippen LogP) is 3.46. The highest BCUT2D eigenvalue weighted by molar-refractivity contribution is 7.89. The summed E-state index contributed by atoms with van der Waals surface area (Å²) in [5.41, 5.74) is 1.57. The molecule has 168 valence electrons. The van der Waals surface area contributed by atoms with Crippen molar-refractivity contribution in [2.45, 2.75) is 44.9 Å². The average molecular weight is 447 g/mol. The Kier molecular flexibility index (Phi) is 6.62. The Bertz CT molecular complexity index is 1080. The van der Waals surface area contributed by atoms with E-state index >= 15 is 0 Å². The molecule has 0 bridgehead atoms. The van der Waals surface area contributed by atoms with Crippen molar-refractivity contribution in [3.63, 3.8) is 0 Å². The molecule has 0 aliphatic carbocycles. The Morgan fingerprint density at radius 3 is 2.42 bits per heavy atom. The van der Waals surface area contributed by atoms with Crippen LogP contribution in [0, 0.1) is 6.92 Å². The SMILES string of the molecule is CCN(CC)S(=O)(=O)c1cc(C(=O)NCC(C)(C)c2ccc3c(c2)OCO3)ccc1C. The average Bonchev–Trinajstić information content (AvgIpc) is 3.21. The maximum Gasteiger partial charge on any atom is 0.251 e. The van der Waals surface area contributed by atoms with Gasteiger partial charge in [0, 0.05) is 30.6 Å². The third-order valence-electron chi connectivity index (χ3n) is 5.62. The van der Waals surface area contributed by atoms with Gasteiger partial charge in [-0.05, 0) is 42.3 Å². The van der Waals surface area contributed by atoms with Gasteiger partial charge in [0.25, 0.3) is 5.91 Å². The first-order chi connectivity index (χ1) is 14.6. The lowest BCUT2D eigenvalue weighted by molar-refractivity contribution is 0.0945. The number of fused-ring (bicyclic) bond motifs is 1. The molecule has 2 aromatic carbocycles. The highest BCUT2D eigenvalue weighted by Gasteiger charge is 2.27. The van der Waals surface area contributed by atoms with E-state index in [2.05, 4.69) is 5.32 Å². The Morgan fingerprint density at radius 1 is 1.06 bits per heavy atom. The van der Waals surface area contributed by atoms with Crippen LogP contribution in [-0.4, -0.2) is 45.1 Å². The number of nitrogens with zero attached hydrogens (tertiary/aromatic N) is 1. The first-order valence-corrected chi connectivity index (χ1v) is 11.8.